The molecule has 10 heteroatoms. The first-order chi connectivity index (χ1) is 13.4. The van der Waals surface area contributed by atoms with Gasteiger partial charge in [0.05, 0.1) is 10.8 Å². The van der Waals surface area contributed by atoms with Crippen LogP contribution >= 0.6 is 23.4 Å². The SMILES string of the molecule is CC(C)NC(=O)NC(=O)CSc1nnc(COc2ccccc2Cl)n1C1CC1. The number of rotatable bonds is 8. The highest BCUT2D eigenvalue weighted by atomic mass is 35.5. The Kier molecular flexibility index (Phi) is 6.79. The molecule has 0 unspecified atom stereocenters. The zero-order chi connectivity index (χ0) is 20.1. The summed E-state index contributed by atoms with van der Waals surface area (Å²) in [4.78, 5) is 23.6. The minimum atomic E-state index is -0.502. The molecule has 3 amide bonds. The lowest BCUT2D eigenvalue weighted by molar-refractivity contribution is -0.117. The van der Waals surface area contributed by atoms with Crippen LogP contribution in [0.4, 0.5) is 4.79 Å². The lowest BCUT2D eigenvalue weighted by Gasteiger charge is -2.11. The van der Waals surface area contributed by atoms with Gasteiger partial charge in [-0.2, -0.15) is 0 Å². The maximum atomic E-state index is 12.0. The Morgan fingerprint density at radius 1 is 1.32 bits per heavy atom. The van der Waals surface area contributed by atoms with Crippen molar-refractivity contribution in [1.82, 2.24) is 25.4 Å². The average Bonchev–Trinajstić information content (AvgIpc) is 3.39. The number of hydrogen-bond acceptors (Lipinski definition) is 6. The number of amides is 3. The molecule has 0 saturated heterocycles. The number of ether oxygens (including phenoxy) is 1. The molecule has 1 fully saturated rings. The Hall–Kier alpha value is -2.26. The molecule has 0 aliphatic heterocycles. The lowest BCUT2D eigenvalue weighted by atomic mass is 10.3. The second kappa shape index (κ2) is 9.29. The fourth-order valence-electron chi connectivity index (χ4n) is 2.50. The molecule has 0 bridgehead atoms. The summed E-state index contributed by atoms with van der Waals surface area (Å²) in [6, 6.07) is 7.01. The summed E-state index contributed by atoms with van der Waals surface area (Å²) in [6.45, 7) is 3.88. The van der Waals surface area contributed by atoms with Crippen LogP contribution in [0.2, 0.25) is 5.02 Å². The number of benzene rings is 1. The molecule has 2 aromatic rings. The largest absolute Gasteiger partial charge is 0.484 e. The molecule has 1 aliphatic rings. The fourth-order valence-corrected chi connectivity index (χ4v) is 3.51. The van der Waals surface area contributed by atoms with E-state index in [1.807, 2.05) is 30.5 Å². The minimum Gasteiger partial charge on any atom is -0.484 e. The maximum Gasteiger partial charge on any atom is 0.321 e. The van der Waals surface area contributed by atoms with E-state index in [1.165, 1.54) is 11.8 Å². The summed E-state index contributed by atoms with van der Waals surface area (Å²) in [6.07, 6.45) is 2.07. The third-order valence-electron chi connectivity index (χ3n) is 3.85. The van der Waals surface area contributed by atoms with Gasteiger partial charge in [0.15, 0.2) is 11.0 Å². The summed E-state index contributed by atoms with van der Waals surface area (Å²) in [5.41, 5.74) is 0. The Morgan fingerprint density at radius 3 is 2.75 bits per heavy atom. The molecular weight excluding hydrogens is 402 g/mol. The van der Waals surface area contributed by atoms with E-state index < -0.39 is 6.03 Å². The van der Waals surface area contributed by atoms with E-state index in [0.29, 0.717) is 27.8 Å². The molecule has 2 N–H and O–H groups in total. The first-order valence-corrected chi connectivity index (χ1v) is 10.3. The highest BCUT2D eigenvalue weighted by Gasteiger charge is 2.30. The van der Waals surface area contributed by atoms with E-state index in [0.717, 1.165) is 12.8 Å². The molecule has 8 nitrogen and oxygen atoms in total. The van der Waals surface area contributed by atoms with E-state index in [9.17, 15) is 9.59 Å². The van der Waals surface area contributed by atoms with E-state index in [4.69, 9.17) is 16.3 Å². The van der Waals surface area contributed by atoms with Gasteiger partial charge in [-0.05, 0) is 38.8 Å². The molecular formula is C18H22ClN5O3S. The molecule has 1 aromatic heterocycles. The summed E-state index contributed by atoms with van der Waals surface area (Å²) in [5.74, 6) is 0.950. The Balaban J connectivity index is 1.59. The van der Waals surface area contributed by atoms with Crippen molar-refractivity contribution >= 4 is 35.3 Å². The Labute approximate surface area is 172 Å². The van der Waals surface area contributed by atoms with Crippen LogP contribution in [0.3, 0.4) is 0 Å². The zero-order valence-corrected chi connectivity index (χ0v) is 17.2. The van der Waals surface area contributed by atoms with Crippen LogP contribution < -0.4 is 15.4 Å². The van der Waals surface area contributed by atoms with E-state index in [2.05, 4.69) is 20.8 Å². The van der Waals surface area contributed by atoms with E-state index >= 15 is 0 Å². The maximum absolute atomic E-state index is 12.0. The lowest BCUT2D eigenvalue weighted by Crippen LogP contribution is -2.43. The highest BCUT2D eigenvalue weighted by Crippen LogP contribution is 2.39. The van der Waals surface area contributed by atoms with Gasteiger partial charge in [0.25, 0.3) is 0 Å². The number of carbonyl (C=O) groups excluding carboxylic acids is 2. The van der Waals surface area contributed by atoms with Crippen molar-refractivity contribution in [3.8, 4) is 5.75 Å². The summed E-state index contributed by atoms with van der Waals surface area (Å²) in [5, 5.41) is 14.5. The first kappa shape index (κ1) is 20.5. The van der Waals surface area contributed by atoms with Crippen molar-refractivity contribution in [3.05, 3.63) is 35.1 Å². The van der Waals surface area contributed by atoms with Crippen LogP contribution in [0.5, 0.6) is 5.75 Å². The quantitative estimate of drug-likeness (QED) is 0.633. The summed E-state index contributed by atoms with van der Waals surface area (Å²) >= 11 is 7.36. The van der Waals surface area contributed by atoms with Gasteiger partial charge in [-0.3, -0.25) is 14.7 Å². The second-order valence-electron chi connectivity index (χ2n) is 6.68. The van der Waals surface area contributed by atoms with Crippen LogP contribution in [0.1, 0.15) is 38.6 Å². The summed E-state index contributed by atoms with van der Waals surface area (Å²) in [7, 11) is 0. The van der Waals surface area contributed by atoms with Crippen molar-refractivity contribution in [1.29, 1.82) is 0 Å². The number of thioether (sulfide) groups is 1. The Morgan fingerprint density at radius 2 is 2.07 bits per heavy atom. The topological polar surface area (TPSA) is 98.1 Å². The number of halogens is 1. The van der Waals surface area contributed by atoms with Gasteiger partial charge < -0.3 is 10.1 Å². The van der Waals surface area contributed by atoms with Crippen molar-refractivity contribution in [3.63, 3.8) is 0 Å². The normalized spacial score (nSPS) is 13.4. The molecule has 0 spiro atoms. The van der Waals surface area contributed by atoms with Crippen molar-refractivity contribution in [2.24, 2.45) is 0 Å². The molecule has 1 aliphatic carbocycles. The molecule has 1 aromatic carbocycles. The Bertz CT molecular complexity index is 853. The van der Waals surface area contributed by atoms with Crippen molar-refractivity contribution < 1.29 is 14.3 Å². The molecule has 0 atom stereocenters. The van der Waals surface area contributed by atoms with Crippen LogP contribution in [0.15, 0.2) is 29.4 Å². The van der Waals surface area contributed by atoms with Crippen LogP contribution in [-0.2, 0) is 11.4 Å². The zero-order valence-electron chi connectivity index (χ0n) is 15.6. The van der Waals surface area contributed by atoms with Crippen LogP contribution in [0, 0.1) is 0 Å². The van der Waals surface area contributed by atoms with Gasteiger partial charge in [0.1, 0.15) is 12.4 Å². The monoisotopic (exact) mass is 423 g/mol. The number of para-hydroxylation sites is 1. The number of imide groups is 1. The number of nitrogens with one attached hydrogen (secondary N) is 2. The van der Waals surface area contributed by atoms with E-state index in [-0.39, 0.29) is 24.3 Å². The minimum absolute atomic E-state index is 0.0425. The van der Waals surface area contributed by atoms with E-state index in [1.54, 1.807) is 12.1 Å². The predicted octanol–water partition coefficient (Wildman–Crippen LogP) is 3.17. The molecule has 1 saturated carbocycles. The third kappa shape index (κ3) is 5.62. The van der Waals surface area contributed by atoms with Gasteiger partial charge >= 0.3 is 6.03 Å². The average molecular weight is 424 g/mol. The number of urea groups is 1. The van der Waals surface area contributed by atoms with Gasteiger partial charge in [-0.15, -0.1) is 10.2 Å². The summed E-state index contributed by atoms with van der Waals surface area (Å²) < 4.78 is 7.78. The van der Waals surface area contributed by atoms with Gasteiger partial charge in [-0.25, -0.2) is 4.79 Å². The molecule has 0 radical (unpaired) electrons. The fraction of sp³-hybridized carbons (Fsp3) is 0.444. The molecule has 3 rings (SSSR count). The number of aromatic nitrogens is 3. The third-order valence-corrected chi connectivity index (χ3v) is 5.10. The van der Waals surface area contributed by atoms with Crippen LogP contribution in [-0.4, -0.2) is 38.5 Å². The molecule has 150 valence electrons. The molecule has 28 heavy (non-hydrogen) atoms. The first-order valence-electron chi connectivity index (χ1n) is 8.98. The smallest absolute Gasteiger partial charge is 0.321 e. The predicted molar refractivity (Wildman–Crippen MR) is 107 cm³/mol. The van der Waals surface area contributed by atoms with Crippen molar-refractivity contribution in [2.45, 2.75) is 50.5 Å². The van der Waals surface area contributed by atoms with Gasteiger partial charge in [0, 0.05) is 12.1 Å². The second-order valence-corrected chi connectivity index (χ2v) is 8.03. The van der Waals surface area contributed by atoms with Crippen molar-refractivity contribution in [2.75, 3.05) is 5.75 Å². The number of hydrogen-bond donors (Lipinski definition) is 2. The number of carbonyl (C=O) groups is 2. The highest BCUT2D eigenvalue weighted by molar-refractivity contribution is 7.99. The van der Waals surface area contributed by atoms with Gasteiger partial charge in [0.2, 0.25) is 5.91 Å². The standard InChI is InChI=1S/C18H22ClN5O3S/c1-11(2)20-17(26)21-16(25)10-28-18-23-22-15(24(18)12-7-8-12)9-27-14-6-4-3-5-13(14)19/h3-6,11-12H,7-10H2,1-2H3,(H2,20,21,25,26). The van der Waals surface area contributed by atoms with Crippen LogP contribution in [0.25, 0.3) is 0 Å². The molecule has 1 heterocycles. The van der Waals surface area contributed by atoms with Gasteiger partial charge in [-0.1, -0.05) is 35.5 Å². The number of nitrogens with zero attached hydrogens (tertiary/aromatic N) is 3.